The molecule has 0 amide bonds. The zero-order valence-corrected chi connectivity index (χ0v) is 8.84. The third kappa shape index (κ3) is 5.42. The molecule has 0 saturated carbocycles. The van der Waals surface area contributed by atoms with Crippen molar-refractivity contribution in [2.24, 2.45) is 5.73 Å². The van der Waals surface area contributed by atoms with Crippen LogP contribution in [0.2, 0.25) is 0 Å². The molecule has 13 heavy (non-hydrogen) atoms. The maximum absolute atomic E-state index is 5.55. The fourth-order valence-electron chi connectivity index (χ4n) is 1.12. The molecule has 74 valence electrons. The summed E-state index contributed by atoms with van der Waals surface area (Å²) < 4.78 is 0. The molecule has 2 N–H and O–H groups in total. The quantitative estimate of drug-likeness (QED) is 0.623. The summed E-state index contributed by atoms with van der Waals surface area (Å²) in [7, 11) is 0. The van der Waals surface area contributed by atoms with E-state index >= 15 is 0 Å². The minimum atomic E-state index is 0.576. The topological polar surface area (TPSA) is 26.0 Å². The van der Waals surface area contributed by atoms with E-state index in [-0.39, 0.29) is 0 Å². The van der Waals surface area contributed by atoms with E-state index in [0.29, 0.717) is 6.54 Å². The second kappa shape index (κ2) is 7.81. The van der Waals surface area contributed by atoms with Crippen molar-refractivity contribution in [3.05, 3.63) is 36.0 Å². The molecule has 0 aromatic carbocycles. The Bertz CT molecular complexity index is 199. The highest BCUT2D eigenvalue weighted by molar-refractivity contribution is 5.29. The summed E-state index contributed by atoms with van der Waals surface area (Å²) in [6.45, 7) is 8.57. The van der Waals surface area contributed by atoms with Crippen molar-refractivity contribution in [2.45, 2.75) is 33.1 Å². The van der Waals surface area contributed by atoms with E-state index < -0.39 is 0 Å². The molecule has 0 aliphatic heterocycles. The highest BCUT2D eigenvalue weighted by Gasteiger charge is 1.93. The summed E-state index contributed by atoms with van der Waals surface area (Å²) in [4.78, 5) is 0. The number of hydrogen-bond acceptors (Lipinski definition) is 1. The van der Waals surface area contributed by atoms with E-state index in [1.54, 1.807) is 0 Å². The van der Waals surface area contributed by atoms with Gasteiger partial charge in [0.1, 0.15) is 0 Å². The van der Waals surface area contributed by atoms with Crippen LogP contribution in [-0.4, -0.2) is 6.54 Å². The first kappa shape index (κ1) is 12.2. The number of rotatable bonds is 6. The number of nitrogens with two attached hydrogens (primary N) is 1. The molecule has 0 atom stereocenters. The van der Waals surface area contributed by atoms with Crippen molar-refractivity contribution in [1.82, 2.24) is 0 Å². The molecular formula is C12H21N. The van der Waals surface area contributed by atoms with E-state index in [9.17, 15) is 0 Å². The smallest absolute Gasteiger partial charge is 0.0177 e. The van der Waals surface area contributed by atoms with Gasteiger partial charge >= 0.3 is 0 Å². The van der Waals surface area contributed by atoms with Crippen molar-refractivity contribution in [1.29, 1.82) is 0 Å². The van der Waals surface area contributed by atoms with Crippen LogP contribution >= 0.6 is 0 Å². The van der Waals surface area contributed by atoms with Gasteiger partial charge in [-0.2, -0.15) is 0 Å². The van der Waals surface area contributed by atoms with Gasteiger partial charge in [-0.05, 0) is 25.3 Å². The second-order valence-electron chi connectivity index (χ2n) is 3.09. The molecule has 0 aliphatic carbocycles. The average molecular weight is 179 g/mol. The Labute approximate surface area is 82.0 Å². The molecule has 0 aromatic heterocycles. The van der Waals surface area contributed by atoms with Gasteiger partial charge in [0, 0.05) is 6.54 Å². The molecule has 0 unspecified atom stereocenters. The lowest BCUT2D eigenvalue weighted by Gasteiger charge is -2.02. The molecule has 0 aromatic rings. The summed E-state index contributed by atoms with van der Waals surface area (Å²) in [6, 6.07) is 0. The minimum absolute atomic E-state index is 0.576. The van der Waals surface area contributed by atoms with Gasteiger partial charge in [0.2, 0.25) is 0 Å². The first-order valence-corrected chi connectivity index (χ1v) is 4.96. The Morgan fingerprint density at radius 2 is 2.08 bits per heavy atom. The lowest BCUT2D eigenvalue weighted by molar-refractivity contribution is 0.796. The first-order chi connectivity index (χ1) is 6.28. The summed E-state index contributed by atoms with van der Waals surface area (Å²) in [5.41, 5.74) is 8.03. The van der Waals surface area contributed by atoms with Crippen LogP contribution in [-0.2, 0) is 0 Å². The number of allylic oxidation sites excluding steroid dienone is 3. The molecule has 1 nitrogen and oxygen atoms in total. The van der Waals surface area contributed by atoms with E-state index in [2.05, 4.69) is 32.6 Å². The number of unbranched alkanes of at least 4 members (excludes halogenated alkanes) is 1. The Morgan fingerprint density at radius 3 is 2.46 bits per heavy atom. The van der Waals surface area contributed by atoms with Gasteiger partial charge in [0.25, 0.3) is 0 Å². The summed E-state index contributed by atoms with van der Waals surface area (Å²) in [5, 5.41) is 0. The van der Waals surface area contributed by atoms with E-state index in [4.69, 9.17) is 5.73 Å². The van der Waals surface area contributed by atoms with E-state index in [0.717, 1.165) is 12.0 Å². The third-order valence-corrected chi connectivity index (χ3v) is 2.06. The maximum Gasteiger partial charge on any atom is 0.0177 e. The molecule has 0 rings (SSSR count). The highest BCUT2D eigenvalue weighted by atomic mass is 14.5. The molecule has 0 saturated heterocycles. The van der Waals surface area contributed by atoms with Gasteiger partial charge in [-0.1, -0.05) is 43.7 Å². The molecule has 0 bridgehead atoms. The normalized spacial score (nSPS) is 13.2. The fraction of sp³-hybridized carbons (Fsp3) is 0.500. The van der Waals surface area contributed by atoms with Crippen molar-refractivity contribution in [2.75, 3.05) is 6.54 Å². The van der Waals surface area contributed by atoms with Crippen LogP contribution in [0.3, 0.4) is 0 Å². The van der Waals surface area contributed by atoms with E-state index in [1.807, 2.05) is 6.08 Å². The average Bonchev–Trinajstić information content (AvgIpc) is 2.19. The second-order valence-corrected chi connectivity index (χ2v) is 3.09. The van der Waals surface area contributed by atoms with Crippen LogP contribution in [0.15, 0.2) is 36.0 Å². The zero-order valence-electron chi connectivity index (χ0n) is 8.84. The van der Waals surface area contributed by atoms with Crippen LogP contribution < -0.4 is 5.73 Å². The van der Waals surface area contributed by atoms with Crippen LogP contribution in [0.5, 0.6) is 0 Å². The molecule has 0 spiro atoms. The number of hydrogen-bond donors (Lipinski definition) is 1. The van der Waals surface area contributed by atoms with E-state index in [1.165, 1.54) is 18.4 Å². The highest BCUT2D eigenvalue weighted by Crippen LogP contribution is 2.11. The van der Waals surface area contributed by atoms with Gasteiger partial charge in [-0.15, -0.1) is 0 Å². The summed E-state index contributed by atoms with van der Waals surface area (Å²) in [6.07, 6.45) is 9.74. The Hall–Kier alpha value is -0.820. The minimum Gasteiger partial charge on any atom is -0.326 e. The Kier molecular flexibility index (Phi) is 7.32. The molecule has 0 aliphatic rings. The maximum atomic E-state index is 5.55. The third-order valence-electron chi connectivity index (χ3n) is 2.06. The summed E-state index contributed by atoms with van der Waals surface area (Å²) >= 11 is 0. The van der Waals surface area contributed by atoms with Crippen LogP contribution in [0.25, 0.3) is 0 Å². The molecule has 1 heteroatoms. The SMILES string of the molecule is C=C/C(=C\C(=C/C)CCCC)CN. The largest absolute Gasteiger partial charge is 0.326 e. The van der Waals surface area contributed by atoms with Crippen molar-refractivity contribution >= 4 is 0 Å². The Morgan fingerprint density at radius 1 is 1.38 bits per heavy atom. The van der Waals surface area contributed by atoms with Crippen LogP contribution in [0.4, 0.5) is 0 Å². The predicted molar refractivity (Wildman–Crippen MR) is 60.6 cm³/mol. The van der Waals surface area contributed by atoms with Gasteiger partial charge < -0.3 is 5.73 Å². The van der Waals surface area contributed by atoms with Crippen LogP contribution in [0.1, 0.15) is 33.1 Å². The zero-order chi connectivity index (χ0) is 10.1. The van der Waals surface area contributed by atoms with Gasteiger partial charge in [0.05, 0.1) is 0 Å². The monoisotopic (exact) mass is 179 g/mol. The van der Waals surface area contributed by atoms with Crippen molar-refractivity contribution in [3.63, 3.8) is 0 Å². The molecular weight excluding hydrogens is 158 g/mol. The molecule has 0 fully saturated rings. The van der Waals surface area contributed by atoms with Gasteiger partial charge in [-0.3, -0.25) is 0 Å². The predicted octanol–water partition coefficient (Wildman–Crippen LogP) is 3.19. The van der Waals surface area contributed by atoms with Crippen molar-refractivity contribution < 1.29 is 0 Å². The molecule has 0 heterocycles. The fourth-order valence-corrected chi connectivity index (χ4v) is 1.12. The lowest BCUT2D eigenvalue weighted by Crippen LogP contribution is -2.01. The lowest BCUT2D eigenvalue weighted by atomic mass is 10.1. The standard InChI is InChI=1S/C12H21N/c1-4-7-8-11(5-2)9-12(6-3)10-13/h5-6,9H,3-4,7-8,10,13H2,1-2H3/b11-5-,12-9+. The first-order valence-electron chi connectivity index (χ1n) is 4.96. The van der Waals surface area contributed by atoms with Crippen LogP contribution in [0, 0.1) is 0 Å². The molecule has 0 radical (unpaired) electrons. The van der Waals surface area contributed by atoms with Crippen molar-refractivity contribution in [3.8, 4) is 0 Å². The summed E-state index contributed by atoms with van der Waals surface area (Å²) in [5.74, 6) is 0. The Balaban J connectivity index is 4.25. The van der Waals surface area contributed by atoms with Gasteiger partial charge in [0.15, 0.2) is 0 Å². The van der Waals surface area contributed by atoms with Gasteiger partial charge in [-0.25, -0.2) is 0 Å².